The molecule has 15 heavy (non-hydrogen) atoms. The minimum Gasteiger partial charge on any atom is -0.464 e. The van der Waals surface area contributed by atoms with Gasteiger partial charge < -0.3 is 9.47 Å². The normalized spacial score (nSPS) is 11.6. The molecule has 80 valence electrons. The number of carbonyl (C=O) groups is 1. The highest BCUT2D eigenvalue weighted by atomic mass is 16.6. The maximum absolute atomic E-state index is 11.2. The largest absolute Gasteiger partial charge is 0.464 e. The monoisotopic (exact) mass is 206 g/mol. The molecular formula is C12H14O3. The van der Waals surface area contributed by atoms with Crippen molar-refractivity contribution in [3.63, 3.8) is 0 Å². The highest BCUT2D eigenvalue weighted by Gasteiger charge is 2.13. The Bertz CT molecular complexity index is 295. The van der Waals surface area contributed by atoms with Crippen LogP contribution in [0.1, 0.15) is 19.4 Å². The predicted molar refractivity (Wildman–Crippen MR) is 55.0 cm³/mol. The second kappa shape index (κ2) is 6.05. The summed E-state index contributed by atoms with van der Waals surface area (Å²) in [6.07, 6.45) is -0.543. The van der Waals surface area contributed by atoms with Crippen molar-refractivity contribution in [2.75, 3.05) is 6.61 Å². The van der Waals surface area contributed by atoms with Gasteiger partial charge in [0.15, 0.2) is 6.10 Å². The quantitative estimate of drug-likeness (QED) is 0.688. The van der Waals surface area contributed by atoms with Gasteiger partial charge in [-0.2, -0.15) is 0 Å². The molecule has 0 saturated carbocycles. The lowest BCUT2D eigenvalue weighted by Gasteiger charge is -2.10. The van der Waals surface area contributed by atoms with Crippen molar-refractivity contribution in [3.8, 4) is 0 Å². The van der Waals surface area contributed by atoms with Gasteiger partial charge in [0.2, 0.25) is 0 Å². The zero-order valence-electron chi connectivity index (χ0n) is 8.95. The van der Waals surface area contributed by atoms with Gasteiger partial charge in [0, 0.05) is 5.56 Å². The summed E-state index contributed by atoms with van der Waals surface area (Å²) >= 11 is 0. The molecule has 0 aliphatic heterocycles. The number of hydrogen-bond acceptors (Lipinski definition) is 3. The van der Waals surface area contributed by atoms with E-state index in [-0.39, 0.29) is 5.97 Å². The molecule has 3 heteroatoms. The van der Waals surface area contributed by atoms with E-state index in [0.29, 0.717) is 13.2 Å². The molecule has 0 spiro atoms. The molecule has 1 aromatic carbocycles. The summed E-state index contributed by atoms with van der Waals surface area (Å²) in [6.45, 7) is 4.16. The maximum atomic E-state index is 11.2. The van der Waals surface area contributed by atoms with Crippen molar-refractivity contribution < 1.29 is 14.3 Å². The lowest BCUT2D eigenvalue weighted by Crippen LogP contribution is -2.23. The van der Waals surface area contributed by atoms with Gasteiger partial charge in [0.1, 0.15) is 0 Å². The third kappa shape index (κ3) is 4.01. The van der Waals surface area contributed by atoms with Crippen molar-refractivity contribution in [1.29, 1.82) is 0 Å². The highest BCUT2D eigenvalue weighted by molar-refractivity contribution is 5.74. The molecule has 0 fully saturated rings. The van der Waals surface area contributed by atoms with E-state index < -0.39 is 6.10 Å². The van der Waals surface area contributed by atoms with Crippen LogP contribution in [0.3, 0.4) is 0 Å². The fraction of sp³-hybridized carbons (Fsp3) is 0.417. The first kappa shape index (κ1) is 11.5. The van der Waals surface area contributed by atoms with Gasteiger partial charge >= 0.3 is 5.97 Å². The molecule has 0 bridgehead atoms. The standard InChI is InChI=1S/C12H14O3/c1-3-14-12(13)10(2)15-9-11-7-5-4-6-8-11/h4-5,7,10H,3,9H2,1-2H3/t10-/m0/s1. The Kier molecular flexibility index (Phi) is 4.65. The first-order valence-corrected chi connectivity index (χ1v) is 4.89. The summed E-state index contributed by atoms with van der Waals surface area (Å²) in [5.74, 6) is -0.336. The van der Waals surface area contributed by atoms with E-state index in [1.165, 1.54) is 0 Å². The summed E-state index contributed by atoms with van der Waals surface area (Å²) in [7, 11) is 0. The fourth-order valence-corrected chi connectivity index (χ4v) is 1.02. The van der Waals surface area contributed by atoms with Gasteiger partial charge in [-0.3, -0.25) is 0 Å². The molecule has 0 N–H and O–H groups in total. The SMILES string of the molecule is CCOC(=O)[C@H](C)OCc1c#cccc1. The van der Waals surface area contributed by atoms with Crippen LogP contribution in [0.2, 0.25) is 0 Å². The van der Waals surface area contributed by atoms with Crippen LogP contribution in [0.4, 0.5) is 0 Å². The average molecular weight is 206 g/mol. The Morgan fingerprint density at radius 3 is 3.00 bits per heavy atom. The zero-order chi connectivity index (χ0) is 11.1. The third-order valence-electron chi connectivity index (χ3n) is 1.82. The van der Waals surface area contributed by atoms with Crippen LogP contribution in [0, 0.1) is 12.1 Å². The van der Waals surface area contributed by atoms with E-state index in [9.17, 15) is 4.79 Å². The Labute approximate surface area is 90.0 Å². The summed E-state index contributed by atoms with van der Waals surface area (Å²) in [5.41, 5.74) is 0.869. The molecule has 0 radical (unpaired) electrons. The summed E-state index contributed by atoms with van der Waals surface area (Å²) < 4.78 is 10.1. The molecule has 0 heterocycles. The molecule has 0 aliphatic rings. The van der Waals surface area contributed by atoms with Crippen molar-refractivity contribution in [2.24, 2.45) is 0 Å². The second-order valence-corrected chi connectivity index (χ2v) is 3.03. The van der Waals surface area contributed by atoms with Gasteiger partial charge in [-0.1, -0.05) is 18.2 Å². The number of rotatable bonds is 5. The van der Waals surface area contributed by atoms with E-state index >= 15 is 0 Å². The molecule has 1 aromatic rings. The Balaban J connectivity index is 2.34. The minimum absolute atomic E-state index is 0.336. The highest BCUT2D eigenvalue weighted by Crippen LogP contribution is 2.01. The van der Waals surface area contributed by atoms with E-state index in [4.69, 9.17) is 9.47 Å². The van der Waals surface area contributed by atoms with Crippen LogP contribution in [0.25, 0.3) is 0 Å². The maximum Gasteiger partial charge on any atom is 0.334 e. The van der Waals surface area contributed by atoms with E-state index in [2.05, 4.69) is 12.1 Å². The molecule has 0 saturated heterocycles. The lowest BCUT2D eigenvalue weighted by molar-refractivity contribution is -0.156. The minimum atomic E-state index is -0.543. The Hall–Kier alpha value is -1.53. The van der Waals surface area contributed by atoms with E-state index in [1.807, 2.05) is 12.1 Å². The van der Waals surface area contributed by atoms with Crippen LogP contribution in [0.15, 0.2) is 18.2 Å². The third-order valence-corrected chi connectivity index (χ3v) is 1.82. The molecular weight excluding hydrogens is 192 g/mol. The average Bonchev–Trinajstić information content (AvgIpc) is 2.27. The topological polar surface area (TPSA) is 35.5 Å². The summed E-state index contributed by atoms with van der Waals surface area (Å²) in [5, 5.41) is 0. The molecule has 0 unspecified atom stereocenters. The second-order valence-electron chi connectivity index (χ2n) is 3.03. The van der Waals surface area contributed by atoms with Crippen molar-refractivity contribution in [2.45, 2.75) is 26.6 Å². The molecule has 0 aliphatic carbocycles. The first-order valence-electron chi connectivity index (χ1n) is 4.89. The van der Waals surface area contributed by atoms with Crippen LogP contribution >= 0.6 is 0 Å². The van der Waals surface area contributed by atoms with Gasteiger partial charge in [-0.05, 0) is 26.0 Å². The van der Waals surface area contributed by atoms with Crippen molar-refractivity contribution in [3.05, 3.63) is 35.9 Å². The van der Waals surface area contributed by atoms with Crippen molar-refractivity contribution >= 4 is 5.97 Å². The Morgan fingerprint density at radius 2 is 2.40 bits per heavy atom. The molecule has 0 aromatic heterocycles. The van der Waals surface area contributed by atoms with Crippen LogP contribution in [-0.4, -0.2) is 18.7 Å². The predicted octanol–water partition coefficient (Wildman–Crippen LogP) is 1.76. The van der Waals surface area contributed by atoms with Gasteiger partial charge in [-0.15, -0.1) is 0 Å². The fourth-order valence-electron chi connectivity index (χ4n) is 1.02. The number of esters is 1. The first-order chi connectivity index (χ1) is 7.24. The lowest BCUT2D eigenvalue weighted by atomic mass is 10.3. The van der Waals surface area contributed by atoms with E-state index in [1.54, 1.807) is 19.9 Å². The van der Waals surface area contributed by atoms with Crippen LogP contribution in [0.5, 0.6) is 0 Å². The van der Waals surface area contributed by atoms with Gasteiger partial charge in [0.05, 0.1) is 13.2 Å². The van der Waals surface area contributed by atoms with Crippen LogP contribution < -0.4 is 0 Å². The van der Waals surface area contributed by atoms with Crippen molar-refractivity contribution in [1.82, 2.24) is 0 Å². The Morgan fingerprint density at radius 1 is 1.60 bits per heavy atom. The molecule has 1 atom stereocenters. The number of hydrogen-bond donors (Lipinski definition) is 0. The molecule has 1 rings (SSSR count). The van der Waals surface area contributed by atoms with Gasteiger partial charge in [0.25, 0.3) is 0 Å². The van der Waals surface area contributed by atoms with E-state index in [0.717, 1.165) is 5.56 Å². The smallest absolute Gasteiger partial charge is 0.334 e. The summed E-state index contributed by atoms with van der Waals surface area (Å²) in [4.78, 5) is 11.2. The van der Waals surface area contributed by atoms with Crippen LogP contribution in [-0.2, 0) is 20.9 Å². The van der Waals surface area contributed by atoms with Gasteiger partial charge in [-0.25, -0.2) is 4.79 Å². The number of carbonyl (C=O) groups excluding carboxylic acids is 1. The number of ether oxygens (including phenoxy) is 2. The zero-order valence-corrected chi connectivity index (χ0v) is 8.95. The molecule has 0 amide bonds. The summed E-state index contributed by atoms with van der Waals surface area (Å²) in [6, 6.07) is 11.2. The molecule has 3 nitrogen and oxygen atoms in total.